The zero-order valence-electron chi connectivity index (χ0n) is 13.9. The van der Waals surface area contributed by atoms with Gasteiger partial charge in [0.2, 0.25) is 0 Å². The summed E-state index contributed by atoms with van der Waals surface area (Å²) in [6.07, 6.45) is 3.50. The summed E-state index contributed by atoms with van der Waals surface area (Å²) in [4.78, 5) is 20.7. The van der Waals surface area contributed by atoms with Crippen LogP contribution in [0, 0.1) is 11.3 Å². The van der Waals surface area contributed by atoms with Crippen molar-refractivity contribution in [2.75, 3.05) is 37.7 Å². The molecule has 128 valence electrons. The van der Waals surface area contributed by atoms with Crippen LogP contribution in [-0.4, -0.2) is 60.8 Å². The lowest BCUT2D eigenvalue weighted by Crippen LogP contribution is -2.53. The van der Waals surface area contributed by atoms with E-state index in [4.69, 9.17) is 10.00 Å². The molecule has 2 amide bonds. The molecule has 0 aromatic carbocycles. The number of anilines is 1. The minimum absolute atomic E-state index is 0.0140. The Morgan fingerprint density at radius 1 is 1.38 bits per heavy atom. The zero-order valence-corrected chi connectivity index (χ0v) is 13.9. The Morgan fingerprint density at radius 2 is 2.17 bits per heavy atom. The van der Waals surface area contributed by atoms with Crippen LogP contribution in [0.25, 0.3) is 0 Å². The monoisotopic (exact) mass is 329 g/mol. The molecule has 3 heterocycles. The fourth-order valence-electron chi connectivity index (χ4n) is 3.16. The van der Waals surface area contributed by atoms with Crippen molar-refractivity contribution in [3.8, 4) is 6.07 Å². The van der Waals surface area contributed by atoms with Crippen LogP contribution in [0.2, 0.25) is 0 Å². The van der Waals surface area contributed by atoms with Crippen molar-refractivity contribution in [1.29, 1.82) is 5.26 Å². The van der Waals surface area contributed by atoms with E-state index < -0.39 is 0 Å². The van der Waals surface area contributed by atoms with Crippen molar-refractivity contribution < 1.29 is 9.53 Å². The number of ether oxygens (including phenoxy) is 1. The van der Waals surface area contributed by atoms with Crippen LogP contribution in [0.15, 0.2) is 18.3 Å². The SMILES string of the molecule is C[C@@H]1CN(C(=O)NC2CCN(c3ccc(C#N)cn3)CC2)CCO1. The minimum Gasteiger partial charge on any atom is -0.375 e. The van der Waals surface area contributed by atoms with Gasteiger partial charge in [0.15, 0.2) is 0 Å². The molecule has 1 N–H and O–H groups in total. The van der Waals surface area contributed by atoms with E-state index in [2.05, 4.69) is 21.3 Å². The highest BCUT2D eigenvalue weighted by molar-refractivity contribution is 5.74. The Labute approximate surface area is 142 Å². The number of nitriles is 1. The van der Waals surface area contributed by atoms with Gasteiger partial charge in [0.25, 0.3) is 0 Å². The molecule has 2 fully saturated rings. The van der Waals surface area contributed by atoms with E-state index in [-0.39, 0.29) is 18.2 Å². The summed E-state index contributed by atoms with van der Waals surface area (Å²) in [5.74, 6) is 0.890. The second-order valence-corrected chi connectivity index (χ2v) is 6.36. The summed E-state index contributed by atoms with van der Waals surface area (Å²) in [5.41, 5.74) is 0.570. The minimum atomic E-state index is 0.0140. The summed E-state index contributed by atoms with van der Waals surface area (Å²) in [5, 5.41) is 12.0. The number of aromatic nitrogens is 1. The predicted octanol–water partition coefficient (Wildman–Crippen LogP) is 1.35. The van der Waals surface area contributed by atoms with Crippen molar-refractivity contribution in [3.63, 3.8) is 0 Å². The smallest absolute Gasteiger partial charge is 0.317 e. The maximum Gasteiger partial charge on any atom is 0.317 e. The third-order valence-electron chi connectivity index (χ3n) is 4.55. The van der Waals surface area contributed by atoms with Gasteiger partial charge in [-0.1, -0.05) is 0 Å². The second kappa shape index (κ2) is 7.49. The van der Waals surface area contributed by atoms with Gasteiger partial charge in [0.05, 0.1) is 18.3 Å². The van der Waals surface area contributed by atoms with E-state index in [1.54, 1.807) is 12.3 Å². The van der Waals surface area contributed by atoms with Gasteiger partial charge in [-0.3, -0.25) is 0 Å². The van der Waals surface area contributed by atoms with E-state index in [0.29, 0.717) is 25.3 Å². The highest BCUT2D eigenvalue weighted by atomic mass is 16.5. The molecule has 2 aliphatic heterocycles. The highest BCUT2D eigenvalue weighted by Crippen LogP contribution is 2.18. The molecule has 7 heteroatoms. The van der Waals surface area contributed by atoms with E-state index in [1.165, 1.54) is 0 Å². The largest absolute Gasteiger partial charge is 0.375 e. The number of amides is 2. The highest BCUT2D eigenvalue weighted by Gasteiger charge is 2.26. The number of hydrogen-bond donors (Lipinski definition) is 1. The van der Waals surface area contributed by atoms with Crippen molar-refractivity contribution in [3.05, 3.63) is 23.9 Å². The van der Waals surface area contributed by atoms with E-state index in [1.807, 2.05) is 17.9 Å². The number of nitrogens with zero attached hydrogens (tertiary/aromatic N) is 4. The molecule has 0 saturated carbocycles. The molecule has 7 nitrogen and oxygen atoms in total. The summed E-state index contributed by atoms with van der Waals surface area (Å²) in [7, 11) is 0. The number of hydrogen-bond acceptors (Lipinski definition) is 5. The number of carbonyl (C=O) groups is 1. The van der Waals surface area contributed by atoms with E-state index in [0.717, 1.165) is 31.7 Å². The fourth-order valence-corrected chi connectivity index (χ4v) is 3.16. The summed E-state index contributed by atoms with van der Waals surface area (Å²) in [6, 6.07) is 5.96. The van der Waals surface area contributed by atoms with Gasteiger partial charge in [-0.25, -0.2) is 9.78 Å². The molecule has 0 bridgehead atoms. The Hall–Kier alpha value is -2.33. The third kappa shape index (κ3) is 3.95. The van der Waals surface area contributed by atoms with E-state index in [9.17, 15) is 4.79 Å². The van der Waals surface area contributed by atoms with Gasteiger partial charge in [-0.2, -0.15) is 5.26 Å². The van der Waals surface area contributed by atoms with Crippen LogP contribution in [0.4, 0.5) is 10.6 Å². The van der Waals surface area contributed by atoms with Crippen LogP contribution < -0.4 is 10.2 Å². The first-order chi connectivity index (χ1) is 11.7. The van der Waals surface area contributed by atoms with Crippen LogP contribution in [0.5, 0.6) is 0 Å². The summed E-state index contributed by atoms with van der Waals surface area (Å²) in [6.45, 7) is 5.61. The Kier molecular flexibility index (Phi) is 5.16. The topological polar surface area (TPSA) is 81.5 Å². The molecule has 2 saturated heterocycles. The number of carbonyl (C=O) groups excluding carboxylic acids is 1. The quantitative estimate of drug-likeness (QED) is 0.886. The predicted molar refractivity (Wildman–Crippen MR) is 89.7 cm³/mol. The Balaban J connectivity index is 1.48. The van der Waals surface area contributed by atoms with Gasteiger partial charge >= 0.3 is 6.03 Å². The molecular formula is C17H23N5O2. The average molecular weight is 329 g/mol. The lowest BCUT2D eigenvalue weighted by Gasteiger charge is -2.36. The van der Waals surface area contributed by atoms with Crippen LogP contribution in [0.1, 0.15) is 25.3 Å². The maximum atomic E-state index is 12.3. The first kappa shape index (κ1) is 16.5. The van der Waals surface area contributed by atoms with Gasteiger partial charge in [0, 0.05) is 38.4 Å². The summed E-state index contributed by atoms with van der Waals surface area (Å²) < 4.78 is 5.47. The van der Waals surface area contributed by atoms with Crippen molar-refractivity contribution >= 4 is 11.8 Å². The molecule has 3 rings (SSSR count). The third-order valence-corrected chi connectivity index (χ3v) is 4.55. The number of urea groups is 1. The number of nitrogens with one attached hydrogen (secondary N) is 1. The first-order valence-corrected chi connectivity index (χ1v) is 8.44. The van der Waals surface area contributed by atoms with Crippen LogP contribution in [-0.2, 0) is 4.74 Å². The number of pyridine rings is 1. The molecule has 0 radical (unpaired) electrons. The molecule has 0 spiro atoms. The molecule has 1 aromatic rings. The number of rotatable bonds is 2. The lowest BCUT2D eigenvalue weighted by molar-refractivity contribution is -0.00397. The molecule has 1 atom stereocenters. The van der Waals surface area contributed by atoms with Crippen LogP contribution >= 0.6 is 0 Å². The molecule has 24 heavy (non-hydrogen) atoms. The fraction of sp³-hybridized carbons (Fsp3) is 0.588. The van der Waals surface area contributed by atoms with Gasteiger partial charge in [-0.15, -0.1) is 0 Å². The molecular weight excluding hydrogens is 306 g/mol. The normalized spacial score (nSPS) is 22.1. The van der Waals surface area contributed by atoms with Crippen molar-refractivity contribution in [2.24, 2.45) is 0 Å². The Morgan fingerprint density at radius 3 is 2.79 bits per heavy atom. The van der Waals surface area contributed by atoms with Gasteiger partial charge in [-0.05, 0) is 31.9 Å². The van der Waals surface area contributed by atoms with Crippen molar-refractivity contribution in [1.82, 2.24) is 15.2 Å². The average Bonchev–Trinajstić information content (AvgIpc) is 2.62. The zero-order chi connectivity index (χ0) is 16.9. The number of piperidine rings is 1. The lowest BCUT2D eigenvalue weighted by atomic mass is 10.1. The molecule has 0 unspecified atom stereocenters. The summed E-state index contributed by atoms with van der Waals surface area (Å²) >= 11 is 0. The first-order valence-electron chi connectivity index (χ1n) is 8.44. The maximum absolute atomic E-state index is 12.3. The molecule has 1 aromatic heterocycles. The van der Waals surface area contributed by atoms with E-state index >= 15 is 0 Å². The van der Waals surface area contributed by atoms with Gasteiger partial charge < -0.3 is 19.9 Å². The standard InChI is InChI=1S/C17H23N5O2/c1-13-12-22(8-9-24-13)17(23)20-15-4-6-21(7-5-15)16-3-2-14(10-18)11-19-16/h2-3,11,13,15H,4-9,12H2,1H3,(H,20,23)/t13-/m1/s1. The van der Waals surface area contributed by atoms with Gasteiger partial charge in [0.1, 0.15) is 11.9 Å². The second-order valence-electron chi connectivity index (χ2n) is 6.36. The van der Waals surface area contributed by atoms with Crippen LogP contribution in [0.3, 0.4) is 0 Å². The molecule has 0 aliphatic carbocycles. The Bertz CT molecular complexity index is 604. The molecule has 2 aliphatic rings. The number of morpholine rings is 1. The van der Waals surface area contributed by atoms with Crippen molar-refractivity contribution in [2.45, 2.75) is 31.9 Å².